The van der Waals surface area contributed by atoms with Gasteiger partial charge in [-0.15, -0.1) is 0 Å². The van der Waals surface area contributed by atoms with Crippen LogP contribution in [0.25, 0.3) is 11.0 Å². The molecule has 3 rings (SSSR count). The largest absolute Gasteiger partial charge is 0.508 e. The van der Waals surface area contributed by atoms with E-state index in [1.165, 1.54) is 6.07 Å². The zero-order valence-electron chi connectivity index (χ0n) is 13.8. The second-order valence-electron chi connectivity index (χ2n) is 5.95. The molecule has 0 aliphatic heterocycles. The van der Waals surface area contributed by atoms with Crippen molar-refractivity contribution in [3.8, 4) is 5.75 Å². The second-order valence-corrected chi connectivity index (χ2v) is 6.79. The minimum atomic E-state index is -0.449. The van der Waals surface area contributed by atoms with E-state index in [2.05, 4.69) is 5.32 Å². The normalized spacial score (nSPS) is 12.5. The highest BCUT2D eigenvalue weighted by Gasteiger charge is 2.13. The molecule has 0 radical (unpaired) electrons. The summed E-state index contributed by atoms with van der Waals surface area (Å²) in [7, 11) is 0. The zero-order valence-corrected chi connectivity index (χ0v) is 15.3. The first-order valence-electron chi connectivity index (χ1n) is 7.80. The van der Waals surface area contributed by atoms with Crippen LogP contribution in [0.4, 0.5) is 0 Å². The van der Waals surface area contributed by atoms with Crippen LogP contribution in [0.1, 0.15) is 29.7 Å². The van der Waals surface area contributed by atoms with Crippen molar-refractivity contribution < 1.29 is 9.52 Å². The van der Waals surface area contributed by atoms with E-state index in [9.17, 15) is 9.90 Å². The van der Waals surface area contributed by atoms with Crippen molar-refractivity contribution >= 4 is 34.2 Å². The van der Waals surface area contributed by atoms with E-state index >= 15 is 0 Å². The predicted octanol–water partition coefficient (Wildman–Crippen LogP) is 4.96. The molecule has 1 atom stereocenters. The Morgan fingerprint density at radius 3 is 2.68 bits per heavy atom. The first-order chi connectivity index (χ1) is 11.9. The summed E-state index contributed by atoms with van der Waals surface area (Å²) in [5, 5.41) is 15.1. The number of hydrogen-bond donors (Lipinski definition) is 2. The van der Waals surface area contributed by atoms with E-state index in [4.69, 9.17) is 27.6 Å². The Morgan fingerprint density at radius 2 is 1.96 bits per heavy atom. The molecular formula is C19H17Cl2NO3. The summed E-state index contributed by atoms with van der Waals surface area (Å²) in [4.78, 5) is 11.9. The molecule has 0 saturated heterocycles. The molecule has 2 aromatic carbocycles. The lowest BCUT2D eigenvalue weighted by Gasteiger charge is -2.17. The topological polar surface area (TPSA) is 62.5 Å². The zero-order chi connectivity index (χ0) is 18.1. The van der Waals surface area contributed by atoms with Crippen LogP contribution in [0.15, 0.2) is 45.6 Å². The monoisotopic (exact) mass is 377 g/mol. The fourth-order valence-electron chi connectivity index (χ4n) is 2.79. The van der Waals surface area contributed by atoms with Crippen molar-refractivity contribution in [2.24, 2.45) is 0 Å². The molecule has 0 fully saturated rings. The van der Waals surface area contributed by atoms with E-state index in [0.29, 0.717) is 27.7 Å². The van der Waals surface area contributed by atoms with Gasteiger partial charge in [0.05, 0.1) is 0 Å². The average molecular weight is 378 g/mol. The van der Waals surface area contributed by atoms with Crippen LogP contribution >= 0.6 is 23.2 Å². The Morgan fingerprint density at radius 1 is 1.20 bits per heavy atom. The molecule has 0 spiro atoms. The molecule has 4 nitrogen and oxygen atoms in total. The number of aromatic hydroxyl groups is 1. The van der Waals surface area contributed by atoms with Crippen LogP contribution in [-0.2, 0) is 6.54 Å². The van der Waals surface area contributed by atoms with Gasteiger partial charge in [0.1, 0.15) is 11.3 Å². The lowest BCUT2D eigenvalue weighted by Crippen LogP contribution is -2.19. The highest BCUT2D eigenvalue weighted by molar-refractivity contribution is 6.35. The van der Waals surface area contributed by atoms with Gasteiger partial charge < -0.3 is 14.8 Å². The first kappa shape index (κ1) is 17.8. The molecule has 130 valence electrons. The fraction of sp³-hybridized carbons (Fsp3) is 0.211. The number of benzene rings is 2. The summed E-state index contributed by atoms with van der Waals surface area (Å²) in [6.07, 6.45) is 0. The maximum absolute atomic E-state index is 11.9. The standard InChI is InChI=1S/C19H17Cl2NO3/c1-10-17(23)6-5-15-12(7-18(24)25-19(10)15)9-22-11(2)14-4-3-13(20)8-16(14)21/h3-8,11,22-23H,9H2,1-2H3/t11-/m0/s1. The van der Waals surface area contributed by atoms with Gasteiger partial charge in [0.25, 0.3) is 0 Å². The Hall–Kier alpha value is -2.01. The van der Waals surface area contributed by atoms with Crippen LogP contribution in [0.2, 0.25) is 10.0 Å². The Balaban J connectivity index is 1.90. The van der Waals surface area contributed by atoms with Gasteiger partial charge in [0.2, 0.25) is 0 Å². The quantitative estimate of drug-likeness (QED) is 0.630. The average Bonchev–Trinajstić information content (AvgIpc) is 2.56. The van der Waals surface area contributed by atoms with Crippen molar-refractivity contribution in [2.75, 3.05) is 0 Å². The van der Waals surface area contributed by atoms with Crippen molar-refractivity contribution in [1.82, 2.24) is 5.32 Å². The maximum atomic E-state index is 11.9. The Labute approximate surface area is 155 Å². The minimum Gasteiger partial charge on any atom is -0.508 e. The van der Waals surface area contributed by atoms with Crippen LogP contribution in [0.3, 0.4) is 0 Å². The summed E-state index contributed by atoms with van der Waals surface area (Å²) in [5.41, 5.74) is 2.22. The molecule has 0 aliphatic rings. The highest BCUT2D eigenvalue weighted by atomic mass is 35.5. The van der Waals surface area contributed by atoms with Crippen molar-refractivity contribution in [3.63, 3.8) is 0 Å². The molecule has 0 bridgehead atoms. The molecule has 0 aliphatic carbocycles. The van der Waals surface area contributed by atoms with Crippen molar-refractivity contribution in [3.05, 3.63) is 73.6 Å². The molecule has 1 heterocycles. The predicted molar refractivity (Wildman–Crippen MR) is 101 cm³/mol. The fourth-order valence-corrected chi connectivity index (χ4v) is 3.36. The summed E-state index contributed by atoms with van der Waals surface area (Å²) in [5.74, 6) is 0.0991. The van der Waals surface area contributed by atoms with Crippen molar-refractivity contribution in [2.45, 2.75) is 26.4 Å². The van der Waals surface area contributed by atoms with Gasteiger partial charge in [-0.25, -0.2) is 4.79 Å². The van der Waals surface area contributed by atoms with Crippen LogP contribution in [0.5, 0.6) is 5.75 Å². The number of phenols is 1. The molecule has 0 amide bonds. The summed E-state index contributed by atoms with van der Waals surface area (Å²) in [6.45, 7) is 4.15. The lowest BCUT2D eigenvalue weighted by atomic mass is 10.0. The molecule has 0 saturated carbocycles. The molecule has 25 heavy (non-hydrogen) atoms. The Bertz CT molecular complexity index is 998. The molecular weight excluding hydrogens is 361 g/mol. The van der Waals surface area contributed by atoms with E-state index < -0.39 is 5.63 Å². The second kappa shape index (κ2) is 7.08. The van der Waals surface area contributed by atoms with Crippen LogP contribution < -0.4 is 10.9 Å². The third-order valence-electron chi connectivity index (χ3n) is 4.25. The molecule has 0 unspecified atom stereocenters. The molecule has 1 aromatic heterocycles. The number of aryl methyl sites for hydroxylation is 1. The van der Waals surface area contributed by atoms with Gasteiger partial charge in [-0.2, -0.15) is 0 Å². The number of rotatable bonds is 4. The summed E-state index contributed by atoms with van der Waals surface area (Å²) in [6, 6.07) is 10.1. The smallest absolute Gasteiger partial charge is 0.336 e. The van der Waals surface area contributed by atoms with Gasteiger partial charge in [0.15, 0.2) is 0 Å². The first-order valence-corrected chi connectivity index (χ1v) is 8.56. The van der Waals surface area contributed by atoms with E-state index in [1.807, 2.05) is 13.0 Å². The van der Waals surface area contributed by atoms with E-state index in [-0.39, 0.29) is 11.8 Å². The molecule has 6 heteroatoms. The van der Waals surface area contributed by atoms with Gasteiger partial charge in [-0.3, -0.25) is 0 Å². The summed E-state index contributed by atoms with van der Waals surface area (Å²) >= 11 is 12.2. The van der Waals surface area contributed by atoms with Crippen molar-refractivity contribution in [1.29, 1.82) is 0 Å². The number of hydrogen-bond acceptors (Lipinski definition) is 4. The van der Waals surface area contributed by atoms with Crippen LogP contribution in [-0.4, -0.2) is 5.11 Å². The third-order valence-corrected chi connectivity index (χ3v) is 4.81. The maximum Gasteiger partial charge on any atom is 0.336 e. The van der Waals surface area contributed by atoms with E-state index in [1.54, 1.807) is 31.2 Å². The number of nitrogens with one attached hydrogen (secondary N) is 1. The molecule has 2 N–H and O–H groups in total. The number of halogens is 2. The van der Waals surface area contributed by atoms with Gasteiger partial charge in [-0.1, -0.05) is 29.3 Å². The van der Waals surface area contributed by atoms with E-state index in [0.717, 1.165) is 16.5 Å². The highest BCUT2D eigenvalue weighted by Crippen LogP contribution is 2.29. The van der Waals surface area contributed by atoms with Gasteiger partial charge >= 0.3 is 5.63 Å². The lowest BCUT2D eigenvalue weighted by molar-refractivity contribution is 0.468. The molecule has 3 aromatic rings. The van der Waals surface area contributed by atoms with Gasteiger partial charge in [-0.05, 0) is 49.2 Å². The van der Waals surface area contributed by atoms with Crippen LogP contribution in [0, 0.1) is 6.92 Å². The SMILES string of the molecule is Cc1c(O)ccc2c(CN[C@@H](C)c3ccc(Cl)cc3Cl)cc(=O)oc12. The number of fused-ring (bicyclic) bond motifs is 1. The Kier molecular flexibility index (Phi) is 5.04. The van der Waals surface area contributed by atoms with Gasteiger partial charge in [0, 0.05) is 39.6 Å². The summed E-state index contributed by atoms with van der Waals surface area (Å²) < 4.78 is 5.26. The number of phenolic OH excluding ortho intramolecular Hbond substituents is 1. The third kappa shape index (κ3) is 3.66. The minimum absolute atomic E-state index is 0.0368.